The third kappa shape index (κ3) is 3.29. The Morgan fingerprint density at radius 3 is 3.17 bits per heavy atom. The van der Waals surface area contributed by atoms with Gasteiger partial charge < -0.3 is 10.6 Å². The largest absolute Gasteiger partial charge is 0.342 e. The minimum Gasteiger partial charge on any atom is -0.342 e. The van der Waals surface area contributed by atoms with Crippen LogP contribution in [0.25, 0.3) is 0 Å². The van der Waals surface area contributed by atoms with E-state index in [1.54, 1.807) is 11.3 Å². The van der Waals surface area contributed by atoms with Gasteiger partial charge in [0.05, 0.1) is 5.01 Å². The minimum atomic E-state index is 0.249. The number of piperidine rings is 1. The molecule has 0 saturated carbocycles. The molecule has 2 N–H and O–H groups in total. The van der Waals surface area contributed by atoms with Gasteiger partial charge in [-0.1, -0.05) is 0 Å². The molecule has 1 aromatic heterocycles. The topological polar surface area (TPSA) is 59.2 Å². The van der Waals surface area contributed by atoms with Crippen molar-refractivity contribution in [3.8, 4) is 0 Å². The molecule has 0 spiro atoms. The second-order valence-electron chi connectivity index (χ2n) is 4.90. The highest BCUT2D eigenvalue weighted by Gasteiger charge is 2.25. The molecule has 0 radical (unpaired) electrons. The zero-order valence-electron chi connectivity index (χ0n) is 10.9. The van der Waals surface area contributed by atoms with Gasteiger partial charge in [-0.15, -0.1) is 11.3 Å². The van der Waals surface area contributed by atoms with Gasteiger partial charge in [0.15, 0.2) is 0 Å². The molecule has 2 heterocycles. The second-order valence-corrected chi connectivity index (χ2v) is 5.79. The first kappa shape index (κ1) is 13.5. The number of thiazole rings is 1. The maximum atomic E-state index is 12.0. The maximum absolute atomic E-state index is 12.0. The minimum absolute atomic E-state index is 0.249. The van der Waals surface area contributed by atoms with Crippen LogP contribution in [0.1, 0.15) is 42.3 Å². The van der Waals surface area contributed by atoms with Crippen LogP contribution in [-0.2, 0) is 4.79 Å². The molecule has 1 aromatic rings. The van der Waals surface area contributed by atoms with Gasteiger partial charge in [0, 0.05) is 36.5 Å². The van der Waals surface area contributed by atoms with Crippen molar-refractivity contribution in [1.82, 2.24) is 9.88 Å². The van der Waals surface area contributed by atoms with Crippen LogP contribution < -0.4 is 5.73 Å². The average Bonchev–Trinajstić information content (AvgIpc) is 2.83. The first-order valence-corrected chi connectivity index (χ1v) is 7.48. The third-order valence-electron chi connectivity index (χ3n) is 3.35. The van der Waals surface area contributed by atoms with E-state index in [0.29, 0.717) is 18.9 Å². The van der Waals surface area contributed by atoms with E-state index < -0.39 is 0 Å². The van der Waals surface area contributed by atoms with Crippen molar-refractivity contribution >= 4 is 17.2 Å². The van der Waals surface area contributed by atoms with Crippen molar-refractivity contribution in [2.45, 2.75) is 38.5 Å². The summed E-state index contributed by atoms with van der Waals surface area (Å²) in [6, 6.07) is 0. The molecule has 5 heteroatoms. The molecule has 1 aliphatic heterocycles. The van der Waals surface area contributed by atoms with Crippen molar-refractivity contribution in [2.75, 3.05) is 19.6 Å². The number of amides is 1. The Balaban J connectivity index is 1.94. The summed E-state index contributed by atoms with van der Waals surface area (Å²) in [5.74, 6) is 0.678. The fourth-order valence-corrected chi connectivity index (χ4v) is 3.30. The van der Waals surface area contributed by atoms with Crippen molar-refractivity contribution in [2.24, 2.45) is 5.73 Å². The smallest absolute Gasteiger partial charge is 0.222 e. The van der Waals surface area contributed by atoms with Crippen LogP contribution in [0.15, 0.2) is 5.38 Å². The van der Waals surface area contributed by atoms with Crippen LogP contribution in [0.3, 0.4) is 0 Å². The highest BCUT2D eigenvalue weighted by molar-refractivity contribution is 7.09. The summed E-state index contributed by atoms with van der Waals surface area (Å²) < 4.78 is 0. The Morgan fingerprint density at radius 2 is 2.50 bits per heavy atom. The summed E-state index contributed by atoms with van der Waals surface area (Å²) in [5.41, 5.74) is 6.53. The monoisotopic (exact) mass is 267 g/mol. The van der Waals surface area contributed by atoms with Crippen LogP contribution in [-0.4, -0.2) is 35.4 Å². The van der Waals surface area contributed by atoms with Crippen LogP contribution in [0, 0.1) is 6.92 Å². The van der Waals surface area contributed by atoms with Gasteiger partial charge in [0.2, 0.25) is 5.91 Å². The number of carbonyl (C=O) groups excluding carboxylic acids is 1. The lowest BCUT2D eigenvalue weighted by Gasteiger charge is -2.32. The fraction of sp³-hybridized carbons (Fsp3) is 0.692. The Hall–Kier alpha value is -0.940. The summed E-state index contributed by atoms with van der Waals surface area (Å²) in [6.45, 7) is 4.34. The van der Waals surface area contributed by atoms with Gasteiger partial charge in [0.1, 0.15) is 0 Å². The van der Waals surface area contributed by atoms with E-state index in [1.165, 1.54) is 5.01 Å². The van der Waals surface area contributed by atoms with Gasteiger partial charge in [-0.25, -0.2) is 4.98 Å². The molecule has 2 rings (SSSR count). The highest BCUT2D eigenvalue weighted by Crippen LogP contribution is 2.29. The standard InChI is InChI=1S/C13H21N3OS/c1-10-9-18-13(15-10)11-4-3-7-16(8-11)12(17)5-2-6-14/h9,11H,2-8,14H2,1H3. The normalized spacial score (nSPS) is 20.1. The van der Waals surface area contributed by atoms with Gasteiger partial charge in [0.25, 0.3) is 0 Å². The van der Waals surface area contributed by atoms with E-state index in [4.69, 9.17) is 5.73 Å². The summed E-state index contributed by atoms with van der Waals surface area (Å²) in [6.07, 6.45) is 3.60. The van der Waals surface area contributed by atoms with Gasteiger partial charge in [-0.2, -0.15) is 0 Å². The summed E-state index contributed by atoms with van der Waals surface area (Å²) in [4.78, 5) is 18.5. The quantitative estimate of drug-likeness (QED) is 0.906. The number of hydrogen-bond acceptors (Lipinski definition) is 4. The molecule has 100 valence electrons. The molecule has 1 aliphatic rings. The van der Waals surface area contributed by atoms with Crippen LogP contribution >= 0.6 is 11.3 Å². The lowest BCUT2D eigenvalue weighted by atomic mass is 9.98. The van der Waals surface area contributed by atoms with Gasteiger partial charge in [-0.3, -0.25) is 4.79 Å². The predicted octanol–water partition coefficient (Wildman–Crippen LogP) is 1.90. The molecule has 0 bridgehead atoms. The molecule has 18 heavy (non-hydrogen) atoms. The molecule has 1 saturated heterocycles. The number of aryl methyl sites for hydroxylation is 1. The predicted molar refractivity (Wildman–Crippen MR) is 73.7 cm³/mol. The van der Waals surface area contributed by atoms with Crippen LogP contribution in [0.4, 0.5) is 0 Å². The van der Waals surface area contributed by atoms with Crippen molar-refractivity contribution in [1.29, 1.82) is 0 Å². The number of carbonyl (C=O) groups is 1. The van der Waals surface area contributed by atoms with Crippen LogP contribution in [0.5, 0.6) is 0 Å². The zero-order chi connectivity index (χ0) is 13.0. The van der Waals surface area contributed by atoms with E-state index in [-0.39, 0.29) is 5.91 Å². The Kier molecular flexibility index (Phi) is 4.72. The molecular formula is C13H21N3OS. The summed E-state index contributed by atoms with van der Waals surface area (Å²) in [7, 11) is 0. The first-order chi connectivity index (χ1) is 8.70. The Labute approximate surface area is 112 Å². The zero-order valence-corrected chi connectivity index (χ0v) is 11.7. The van der Waals surface area contributed by atoms with E-state index in [0.717, 1.165) is 38.0 Å². The summed E-state index contributed by atoms with van der Waals surface area (Å²) >= 11 is 1.72. The molecule has 4 nitrogen and oxygen atoms in total. The lowest BCUT2D eigenvalue weighted by Crippen LogP contribution is -2.39. The fourth-order valence-electron chi connectivity index (χ4n) is 2.38. The number of likely N-dealkylation sites (tertiary alicyclic amines) is 1. The van der Waals surface area contributed by atoms with Gasteiger partial charge >= 0.3 is 0 Å². The van der Waals surface area contributed by atoms with Crippen molar-refractivity contribution in [3.63, 3.8) is 0 Å². The summed E-state index contributed by atoms with van der Waals surface area (Å²) in [5, 5.41) is 3.27. The van der Waals surface area contributed by atoms with Crippen LogP contribution in [0.2, 0.25) is 0 Å². The van der Waals surface area contributed by atoms with E-state index >= 15 is 0 Å². The van der Waals surface area contributed by atoms with Crippen molar-refractivity contribution < 1.29 is 4.79 Å². The number of hydrogen-bond donors (Lipinski definition) is 1. The molecule has 1 fully saturated rings. The maximum Gasteiger partial charge on any atom is 0.222 e. The Bertz CT molecular complexity index is 405. The van der Waals surface area contributed by atoms with E-state index in [2.05, 4.69) is 10.4 Å². The SMILES string of the molecule is Cc1csc(C2CCCN(C(=O)CCCN)C2)n1. The van der Waals surface area contributed by atoms with Crippen molar-refractivity contribution in [3.05, 3.63) is 16.1 Å². The number of rotatable bonds is 4. The molecular weight excluding hydrogens is 246 g/mol. The Morgan fingerprint density at radius 1 is 1.67 bits per heavy atom. The average molecular weight is 267 g/mol. The molecule has 0 aliphatic carbocycles. The number of nitrogens with two attached hydrogens (primary N) is 1. The third-order valence-corrected chi connectivity index (χ3v) is 4.48. The molecule has 1 unspecified atom stereocenters. The lowest BCUT2D eigenvalue weighted by molar-refractivity contribution is -0.132. The molecule has 1 atom stereocenters. The highest BCUT2D eigenvalue weighted by atomic mass is 32.1. The molecule has 0 aromatic carbocycles. The van der Waals surface area contributed by atoms with E-state index in [1.807, 2.05) is 11.8 Å². The molecule has 1 amide bonds. The number of nitrogens with zero attached hydrogens (tertiary/aromatic N) is 2. The second kappa shape index (κ2) is 6.29. The first-order valence-electron chi connectivity index (χ1n) is 6.60. The van der Waals surface area contributed by atoms with E-state index in [9.17, 15) is 4.79 Å². The van der Waals surface area contributed by atoms with Gasteiger partial charge in [-0.05, 0) is 32.7 Å². The number of aromatic nitrogens is 1.